The third-order valence-corrected chi connectivity index (χ3v) is 3.19. The van der Waals surface area contributed by atoms with Crippen LogP contribution in [-0.4, -0.2) is 37.4 Å². The van der Waals surface area contributed by atoms with Gasteiger partial charge in [-0.3, -0.25) is 0 Å². The van der Waals surface area contributed by atoms with Crippen LogP contribution in [0.3, 0.4) is 0 Å². The molecule has 2 N–H and O–H groups in total. The first-order valence-corrected chi connectivity index (χ1v) is 5.96. The van der Waals surface area contributed by atoms with Crippen molar-refractivity contribution in [2.24, 2.45) is 0 Å². The van der Waals surface area contributed by atoms with E-state index in [9.17, 15) is 0 Å². The molecule has 2 rings (SSSR count). The van der Waals surface area contributed by atoms with Crippen LogP contribution in [0.15, 0.2) is 24.3 Å². The summed E-state index contributed by atoms with van der Waals surface area (Å²) in [4.78, 5) is 2.41. The maximum absolute atomic E-state index is 8.97. The third kappa shape index (κ3) is 2.54. The molecular formula is C13H20N2O. The van der Waals surface area contributed by atoms with Crippen molar-refractivity contribution in [3.8, 4) is 0 Å². The SMILES string of the molecule is Cc1ccccc1N1CCNC(CCO)C1. The molecule has 1 aromatic carbocycles. The molecule has 3 heteroatoms. The minimum atomic E-state index is 0.263. The van der Waals surface area contributed by atoms with Crippen molar-refractivity contribution in [1.82, 2.24) is 5.32 Å². The summed E-state index contributed by atoms with van der Waals surface area (Å²) >= 11 is 0. The van der Waals surface area contributed by atoms with Crippen LogP contribution in [0.2, 0.25) is 0 Å². The molecule has 88 valence electrons. The summed E-state index contributed by atoms with van der Waals surface area (Å²) in [6.07, 6.45) is 0.836. The van der Waals surface area contributed by atoms with Crippen LogP contribution in [0.1, 0.15) is 12.0 Å². The summed E-state index contributed by atoms with van der Waals surface area (Å²) in [5.74, 6) is 0. The first-order valence-electron chi connectivity index (χ1n) is 5.96. The summed E-state index contributed by atoms with van der Waals surface area (Å²) in [6, 6.07) is 8.91. The minimum Gasteiger partial charge on any atom is -0.396 e. The van der Waals surface area contributed by atoms with Crippen LogP contribution in [0.25, 0.3) is 0 Å². The van der Waals surface area contributed by atoms with Crippen molar-refractivity contribution >= 4 is 5.69 Å². The van der Waals surface area contributed by atoms with Gasteiger partial charge < -0.3 is 15.3 Å². The van der Waals surface area contributed by atoms with Crippen molar-refractivity contribution in [2.45, 2.75) is 19.4 Å². The van der Waals surface area contributed by atoms with E-state index in [0.717, 1.165) is 26.1 Å². The lowest BCUT2D eigenvalue weighted by Gasteiger charge is -2.36. The van der Waals surface area contributed by atoms with Crippen molar-refractivity contribution in [2.75, 3.05) is 31.1 Å². The second kappa shape index (κ2) is 5.32. The van der Waals surface area contributed by atoms with E-state index in [1.54, 1.807) is 0 Å². The van der Waals surface area contributed by atoms with Gasteiger partial charge in [0.25, 0.3) is 0 Å². The molecule has 1 fully saturated rings. The highest BCUT2D eigenvalue weighted by Gasteiger charge is 2.19. The van der Waals surface area contributed by atoms with Gasteiger partial charge in [0, 0.05) is 38.0 Å². The number of aliphatic hydroxyl groups excluding tert-OH is 1. The number of benzene rings is 1. The number of rotatable bonds is 3. The summed E-state index contributed by atoms with van der Waals surface area (Å²) in [7, 11) is 0. The van der Waals surface area contributed by atoms with Crippen LogP contribution in [0.5, 0.6) is 0 Å². The van der Waals surface area contributed by atoms with Gasteiger partial charge >= 0.3 is 0 Å². The van der Waals surface area contributed by atoms with Gasteiger partial charge in [-0.2, -0.15) is 0 Å². The molecule has 1 saturated heterocycles. The van der Waals surface area contributed by atoms with Gasteiger partial charge in [0.2, 0.25) is 0 Å². The van der Waals surface area contributed by atoms with Crippen LogP contribution >= 0.6 is 0 Å². The molecule has 0 aromatic heterocycles. The fraction of sp³-hybridized carbons (Fsp3) is 0.538. The Balaban J connectivity index is 2.07. The number of hydrogen-bond acceptors (Lipinski definition) is 3. The average molecular weight is 220 g/mol. The molecule has 1 heterocycles. The normalized spacial score (nSPS) is 21.1. The predicted octanol–water partition coefficient (Wildman–Crippen LogP) is 1.16. The number of hydrogen-bond donors (Lipinski definition) is 2. The Morgan fingerprint density at radius 2 is 2.25 bits per heavy atom. The molecule has 1 unspecified atom stereocenters. The van der Waals surface area contributed by atoms with Gasteiger partial charge in [0.15, 0.2) is 0 Å². The van der Waals surface area contributed by atoms with E-state index in [0.29, 0.717) is 6.04 Å². The van der Waals surface area contributed by atoms with E-state index in [1.807, 2.05) is 0 Å². The average Bonchev–Trinajstić information content (AvgIpc) is 2.30. The lowest BCUT2D eigenvalue weighted by molar-refractivity contribution is 0.260. The maximum atomic E-state index is 8.97. The van der Waals surface area contributed by atoms with Crippen LogP contribution in [-0.2, 0) is 0 Å². The molecule has 0 aliphatic carbocycles. The fourth-order valence-corrected chi connectivity index (χ4v) is 2.31. The van der Waals surface area contributed by atoms with E-state index in [-0.39, 0.29) is 6.61 Å². The Morgan fingerprint density at radius 1 is 1.44 bits per heavy atom. The van der Waals surface area contributed by atoms with Crippen molar-refractivity contribution in [1.29, 1.82) is 0 Å². The van der Waals surface area contributed by atoms with Crippen molar-refractivity contribution < 1.29 is 5.11 Å². The van der Waals surface area contributed by atoms with Gasteiger partial charge in [0.1, 0.15) is 0 Å². The molecule has 0 saturated carbocycles. The quantitative estimate of drug-likeness (QED) is 0.802. The van der Waals surface area contributed by atoms with Crippen LogP contribution in [0.4, 0.5) is 5.69 Å². The Hall–Kier alpha value is -1.06. The number of anilines is 1. The zero-order chi connectivity index (χ0) is 11.4. The molecule has 1 atom stereocenters. The molecular weight excluding hydrogens is 200 g/mol. The molecule has 0 bridgehead atoms. The summed E-state index contributed by atoms with van der Waals surface area (Å²) in [5, 5.41) is 12.4. The molecule has 0 spiro atoms. The number of piperazine rings is 1. The molecule has 0 radical (unpaired) electrons. The molecule has 16 heavy (non-hydrogen) atoms. The Bertz CT molecular complexity index is 338. The lowest BCUT2D eigenvalue weighted by atomic mass is 10.1. The first-order chi connectivity index (χ1) is 7.81. The number of nitrogens with zero attached hydrogens (tertiary/aromatic N) is 1. The Labute approximate surface area is 97.1 Å². The molecule has 1 aliphatic rings. The monoisotopic (exact) mass is 220 g/mol. The zero-order valence-corrected chi connectivity index (χ0v) is 9.82. The zero-order valence-electron chi connectivity index (χ0n) is 9.82. The van der Waals surface area contributed by atoms with Gasteiger partial charge in [-0.1, -0.05) is 18.2 Å². The van der Waals surface area contributed by atoms with Gasteiger partial charge in [-0.15, -0.1) is 0 Å². The van der Waals surface area contributed by atoms with Gasteiger partial charge in [-0.25, -0.2) is 0 Å². The highest BCUT2D eigenvalue weighted by molar-refractivity contribution is 5.53. The maximum Gasteiger partial charge on any atom is 0.0446 e. The number of aryl methyl sites for hydroxylation is 1. The molecule has 1 aromatic rings. The van der Waals surface area contributed by atoms with Crippen LogP contribution in [0, 0.1) is 6.92 Å². The van der Waals surface area contributed by atoms with Crippen molar-refractivity contribution in [3.63, 3.8) is 0 Å². The van der Waals surface area contributed by atoms with Gasteiger partial charge in [-0.05, 0) is 25.0 Å². The number of aliphatic hydroxyl groups is 1. The van der Waals surface area contributed by atoms with E-state index in [2.05, 4.69) is 41.4 Å². The molecule has 1 aliphatic heterocycles. The minimum absolute atomic E-state index is 0.263. The Morgan fingerprint density at radius 3 is 3.00 bits per heavy atom. The largest absolute Gasteiger partial charge is 0.396 e. The predicted molar refractivity (Wildman–Crippen MR) is 66.9 cm³/mol. The number of nitrogens with one attached hydrogen (secondary N) is 1. The van der Waals surface area contributed by atoms with E-state index in [4.69, 9.17) is 5.11 Å². The standard InChI is InChI=1S/C13H20N2O/c1-11-4-2-3-5-13(11)15-8-7-14-12(10-15)6-9-16/h2-5,12,14,16H,6-10H2,1H3. The highest BCUT2D eigenvalue weighted by atomic mass is 16.3. The van der Waals surface area contributed by atoms with Crippen LogP contribution < -0.4 is 10.2 Å². The molecule has 3 nitrogen and oxygen atoms in total. The first kappa shape index (κ1) is 11.4. The molecule has 0 amide bonds. The van der Waals surface area contributed by atoms with Crippen molar-refractivity contribution in [3.05, 3.63) is 29.8 Å². The number of para-hydroxylation sites is 1. The smallest absolute Gasteiger partial charge is 0.0446 e. The van der Waals surface area contributed by atoms with E-state index >= 15 is 0 Å². The Kier molecular flexibility index (Phi) is 3.80. The lowest BCUT2D eigenvalue weighted by Crippen LogP contribution is -2.51. The second-order valence-electron chi connectivity index (χ2n) is 4.40. The summed E-state index contributed by atoms with van der Waals surface area (Å²) < 4.78 is 0. The van der Waals surface area contributed by atoms with Gasteiger partial charge in [0.05, 0.1) is 0 Å². The highest BCUT2D eigenvalue weighted by Crippen LogP contribution is 2.20. The van der Waals surface area contributed by atoms with E-state index in [1.165, 1.54) is 11.3 Å². The third-order valence-electron chi connectivity index (χ3n) is 3.19. The topological polar surface area (TPSA) is 35.5 Å². The van der Waals surface area contributed by atoms with E-state index < -0.39 is 0 Å². The summed E-state index contributed by atoms with van der Waals surface area (Å²) in [5.41, 5.74) is 2.65. The fourth-order valence-electron chi connectivity index (χ4n) is 2.31. The second-order valence-corrected chi connectivity index (χ2v) is 4.40. The summed E-state index contributed by atoms with van der Waals surface area (Å²) in [6.45, 7) is 5.45.